The largest absolute Gasteiger partial charge is 0.300 e. The number of aryl methyl sites for hydroxylation is 1. The van der Waals surface area contributed by atoms with Crippen LogP contribution in [0.2, 0.25) is 0 Å². The molecule has 1 aliphatic rings. The number of hydrogen-bond donors (Lipinski definition) is 2. The first-order chi connectivity index (χ1) is 7.15. The molecule has 0 aliphatic carbocycles. The molecule has 0 spiro atoms. The Balaban J connectivity index is 1.88. The van der Waals surface area contributed by atoms with Crippen molar-refractivity contribution < 1.29 is 9.59 Å². The molecule has 80 valence electrons. The highest BCUT2D eigenvalue weighted by Crippen LogP contribution is 2.15. The SMILES string of the molecule is Cc1ccc(CNC2CC(=O)NC2=O)s1. The molecular weight excluding hydrogens is 212 g/mol. The molecule has 1 atom stereocenters. The molecule has 1 aliphatic heterocycles. The zero-order chi connectivity index (χ0) is 10.8. The Morgan fingerprint density at radius 1 is 1.53 bits per heavy atom. The first kappa shape index (κ1) is 10.3. The van der Waals surface area contributed by atoms with Crippen LogP contribution in [0.15, 0.2) is 12.1 Å². The molecule has 0 bridgehead atoms. The third-order valence-corrected chi connectivity index (χ3v) is 3.29. The molecule has 0 saturated carbocycles. The topological polar surface area (TPSA) is 58.2 Å². The summed E-state index contributed by atoms with van der Waals surface area (Å²) in [6.45, 7) is 2.68. The third kappa shape index (κ3) is 2.43. The molecular formula is C10H12N2O2S. The lowest BCUT2D eigenvalue weighted by Gasteiger charge is -2.06. The van der Waals surface area contributed by atoms with Crippen LogP contribution >= 0.6 is 11.3 Å². The average Bonchev–Trinajstić information content (AvgIpc) is 2.70. The fourth-order valence-electron chi connectivity index (χ4n) is 1.52. The van der Waals surface area contributed by atoms with Crippen LogP contribution in [0.25, 0.3) is 0 Å². The summed E-state index contributed by atoms with van der Waals surface area (Å²) < 4.78 is 0. The van der Waals surface area contributed by atoms with Crippen LogP contribution in [0, 0.1) is 6.92 Å². The smallest absolute Gasteiger partial charge is 0.244 e. The van der Waals surface area contributed by atoms with Gasteiger partial charge in [-0.2, -0.15) is 0 Å². The van der Waals surface area contributed by atoms with Crippen molar-refractivity contribution in [2.75, 3.05) is 0 Å². The summed E-state index contributed by atoms with van der Waals surface area (Å²) in [6, 6.07) is 3.71. The van der Waals surface area contributed by atoms with E-state index in [2.05, 4.69) is 10.6 Å². The van der Waals surface area contributed by atoms with Gasteiger partial charge < -0.3 is 5.32 Å². The molecule has 0 aromatic carbocycles. The third-order valence-electron chi connectivity index (χ3n) is 2.29. The summed E-state index contributed by atoms with van der Waals surface area (Å²) in [4.78, 5) is 24.6. The van der Waals surface area contributed by atoms with Crippen molar-refractivity contribution in [3.8, 4) is 0 Å². The average molecular weight is 224 g/mol. The molecule has 4 nitrogen and oxygen atoms in total. The molecule has 15 heavy (non-hydrogen) atoms. The van der Waals surface area contributed by atoms with Crippen molar-refractivity contribution in [2.24, 2.45) is 0 Å². The van der Waals surface area contributed by atoms with E-state index in [1.54, 1.807) is 11.3 Å². The van der Waals surface area contributed by atoms with Gasteiger partial charge in [0.2, 0.25) is 11.8 Å². The van der Waals surface area contributed by atoms with E-state index in [4.69, 9.17) is 0 Å². The van der Waals surface area contributed by atoms with Gasteiger partial charge in [-0.05, 0) is 19.1 Å². The van der Waals surface area contributed by atoms with Crippen molar-refractivity contribution in [1.29, 1.82) is 0 Å². The van der Waals surface area contributed by atoms with Gasteiger partial charge in [-0.3, -0.25) is 14.9 Å². The molecule has 1 fully saturated rings. The zero-order valence-corrected chi connectivity index (χ0v) is 9.19. The first-order valence-corrected chi connectivity index (χ1v) is 5.59. The summed E-state index contributed by atoms with van der Waals surface area (Å²) in [5, 5.41) is 5.34. The van der Waals surface area contributed by atoms with Crippen LogP contribution in [0.3, 0.4) is 0 Å². The Hall–Kier alpha value is -1.20. The quantitative estimate of drug-likeness (QED) is 0.738. The number of carbonyl (C=O) groups excluding carboxylic acids is 2. The number of thiophene rings is 1. The number of rotatable bonds is 3. The number of nitrogens with one attached hydrogen (secondary N) is 2. The predicted octanol–water partition coefficient (Wildman–Crippen LogP) is 0.561. The van der Waals surface area contributed by atoms with E-state index >= 15 is 0 Å². The van der Waals surface area contributed by atoms with Crippen LogP contribution in [0.4, 0.5) is 0 Å². The van der Waals surface area contributed by atoms with E-state index in [-0.39, 0.29) is 24.3 Å². The van der Waals surface area contributed by atoms with E-state index < -0.39 is 0 Å². The Morgan fingerprint density at radius 3 is 2.87 bits per heavy atom. The van der Waals surface area contributed by atoms with Crippen LogP contribution in [0.5, 0.6) is 0 Å². The summed E-state index contributed by atoms with van der Waals surface area (Å²) in [5.41, 5.74) is 0. The molecule has 5 heteroatoms. The Kier molecular flexibility index (Phi) is 2.83. The summed E-state index contributed by atoms with van der Waals surface area (Å²) in [6.07, 6.45) is 0.253. The second kappa shape index (κ2) is 4.12. The maximum absolute atomic E-state index is 11.2. The van der Waals surface area contributed by atoms with Gasteiger partial charge in [-0.1, -0.05) is 0 Å². The highest BCUT2D eigenvalue weighted by Gasteiger charge is 2.29. The molecule has 1 aromatic heterocycles. The second-order valence-corrected chi connectivity index (χ2v) is 4.93. The molecule has 2 N–H and O–H groups in total. The Morgan fingerprint density at radius 2 is 2.33 bits per heavy atom. The highest BCUT2D eigenvalue weighted by molar-refractivity contribution is 7.11. The van der Waals surface area contributed by atoms with Gasteiger partial charge in [-0.25, -0.2) is 0 Å². The van der Waals surface area contributed by atoms with Crippen molar-refractivity contribution in [3.05, 3.63) is 21.9 Å². The lowest BCUT2D eigenvalue weighted by Crippen LogP contribution is -2.35. The minimum atomic E-state index is -0.361. The van der Waals surface area contributed by atoms with E-state index in [0.29, 0.717) is 6.54 Å². The van der Waals surface area contributed by atoms with Gasteiger partial charge in [0.05, 0.1) is 12.5 Å². The summed E-state index contributed by atoms with van der Waals surface area (Å²) in [5.74, 6) is -0.409. The standard InChI is InChI=1S/C10H12N2O2S/c1-6-2-3-7(15-6)5-11-8-4-9(13)12-10(8)14/h2-3,8,11H,4-5H2,1H3,(H,12,13,14). The molecule has 1 aromatic rings. The first-order valence-electron chi connectivity index (χ1n) is 4.77. The predicted molar refractivity (Wildman–Crippen MR) is 57.5 cm³/mol. The van der Waals surface area contributed by atoms with Crippen molar-refractivity contribution in [2.45, 2.75) is 25.9 Å². The van der Waals surface area contributed by atoms with E-state index in [1.165, 1.54) is 9.75 Å². The lowest BCUT2D eigenvalue weighted by molar-refractivity contribution is -0.125. The fourth-order valence-corrected chi connectivity index (χ4v) is 2.36. The van der Waals surface area contributed by atoms with Crippen LogP contribution in [0.1, 0.15) is 16.2 Å². The molecule has 2 heterocycles. The molecule has 1 unspecified atom stereocenters. The van der Waals surface area contributed by atoms with Crippen LogP contribution in [-0.2, 0) is 16.1 Å². The van der Waals surface area contributed by atoms with Crippen molar-refractivity contribution in [3.63, 3.8) is 0 Å². The van der Waals surface area contributed by atoms with Crippen LogP contribution < -0.4 is 10.6 Å². The molecule has 0 radical (unpaired) electrons. The van der Waals surface area contributed by atoms with Crippen LogP contribution in [-0.4, -0.2) is 17.9 Å². The normalized spacial score (nSPS) is 20.7. The second-order valence-electron chi connectivity index (χ2n) is 3.56. The van der Waals surface area contributed by atoms with Gasteiger partial charge in [0.25, 0.3) is 0 Å². The van der Waals surface area contributed by atoms with Gasteiger partial charge >= 0.3 is 0 Å². The van der Waals surface area contributed by atoms with Crippen molar-refractivity contribution in [1.82, 2.24) is 10.6 Å². The number of imide groups is 1. The highest BCUT2D eigenvalue weighted by atomic mass is 32.1. The summed E-state index contributed by atoms with van der Waals surface area (Å²) in [7, 11) is 0. The minimum absolute atomic E-state index is 0.195. The number of carbonyl (C=O) groups is 2. The monoisotopic (exact) mass is 224 g/mol. The van der Waals surface area contributed by atoms with Crippen molar-refractivity contribution >= 4 is 23.2 Å². The minimum Gasteiger partial charge on any atom is -0.300 e. The van der Waals surface area contributed by atoms with Gasteiger partial charge in [0.15, 0.2) is 0 Å². The maximum Gasteiger partial charge on any atom is 0.244 e. The maximum atomic E-state index is 11.2. The van der Waals surface area contributed by atoms with Gasteiger partial charge in [-0.15, -0.1) is 11.3 Å². The zero-order valence-electron chi connectivity index (χ0n) is 8.37. The fraction of sp³-hybridized carbons (Fsp3) is 0.400. The van der Waals surface area contributed by atoms with E-state index in [1.807, 2.05) is 19.1 Å². The molecule has 2 rings (SSSR count). The number of amides is 2. The Bertz CT molecular complexity index is 400. The van der Waals surface area contributed by atoms with E-state index in [0.717, 1.165) is 0 Å². The molecule has 1 saturated heterocycles. The lowest BCUT2D eigenvalue weighted by atomic mass is 10.2. The summed E-state index contributed by atoms with van der Waals surface area (Å²) >= 11 is 1.69. The molecule has 2 amide bonds. The Labute approximate surface area is 91.7 Å². The van der Waals surface area contributed by atoms with E-state index in [9.17, 15) is 9.59 Å². The van der Waals surface area contributed by atoms with Gasteiger partial charge in [0.1, 0.15) is 0 Å². The van der Waals surface area contributed by atoms with Gasteiger partial charge in [0, 0.05) is 16.3 Å². The number of hydrogen-bond acceptors (Lipinski definition) is 4.